The van der Waals surface area contributed by atoms with Gasteiger partial charge in [-0.05, 0) is 49.2 Å². The number of unbranched alkanes of at least 4 members (excludes halogenated alkanes) is 1. The fraction of sp³-hybridized carbons (Fsp3) is 0.200. The van der Waals surface area contributed by atoms with E-state index in [-0.39, 0.29) is 17.1 Å². The molecule has 0 aliphatic rings. The molecule has 0 aromatic heterocycles. The molecule has 0 spiro atoms. The van der Waals surface area contributed by atoms with E-state index >= 15 is 0 Å². The van der Waals surface area contributed by atoms with Crippen LogP contribution < -0.4 is 14.1 Å². The zero-order valence-electron chi connectivity index (χ0n) is 15.7. The molecule has 0 aliphatic carbocycles. The van der Waals surface area contributed by atoms with E-state index < -0.39 is 19.3 Å². The third kappa shape index (κ3) is 7.69. The van der Waals surface area contributed by atoms with Crippen LogP contribution in [0.25, 0.3) is 0 Å². The van der Waals surface area contributed by atoms with Crippen molar-refractivity contribution in [2.24, 2.45) is 0 Å². The van der Waals surface area contributed by atoms with Gasteiger partial charge in [-0.15, -0.1) is 0 Å². The number of para-hydroxylation sites is 2. The molecule has 8 nitrogen and oxygen atoms in total. The monoisotopic (exact) mass is 400 g/mol. The van der Waals surface area contributed by atoms with Crippen LogP contribution in [0.3, 0.4) is 0 Å². The van der Waals surface area contributed by atoms with Gasteiger partial charge in [0.25, 0.3) is 0 Å². The van der Waals surface area contributed by atoms with Gasteiger partial charge in [0.1, 0.15) is 11.5 Å². The Morgan fingerprint density at radius 3 is 2.28 bits per heavy atom. The van der Waals surface area contributed by atoms with Crippen LogP contribution >= 0.6 is 0 Å². The van der Waals surface area contributed by atoms with E-state index in [0.717, 1.165) is 6.08 Å². The number of esters is 2. The molecular weight excluding hydrogens is 379 g/mol. The number of ether oxygens (including phenoxy) is 3. The Labute approximate surface area is 168 Å². The lowest BCUT2D eigenvalue weighted by molar-refractivity contribution is -0.137. The number of carbonyl (C=O) groups is 2. The Morgan fingerprint density at radius 1 is 0.966 bits per heavy atom. The van der Waals surface area contributed by atoms with E-state index in [1.54, 1.807) is 36.4 Å². The molecule has 2 aromatic carbocycles. The highest BCUT2D eigenvalue weighted by atomic mass is 16.6. The summed E-state index contributed by atoms with van der Waals surface area (Å²) in [5.41, 5.74) is 0.285. The second-order valence-corrected chi connectivity index (χ2v) is 5.73. The maximum absolute atomic E-state index is 12.3. The first-order valence-electron chi connectivity index (χ1n) is 8.85. The highest BCUT2D eigenvalue weighted by molar-refractivity contribution is 6.33. The van der Waals surface area contributed by atoms with Crippen LogP contribution in [0.1, 0.15) is 23.2 Å². The third-order valence-corrected chi connectivity index (χ3v) is 3.59. The van der Waals surface area contributed by atoms with Crippen LogP contribution in [0.4, 0.5) is 0 Å². The maximum Gasteiger partial charge on any atom is 0.707 e. The van der Waals surface area contributed by atoms with Gasteiger partial charge in [-0.3, -0.25) is 0 Å². The van der Waals surface area contributed by atoms with Gasteiger partial charge < -0.3 is 28.9 Å². The summed E-state index contributed by atoms with van der Waals surface area (Å²) >= 11 is 0. The molecule has 0 unspecified atom stereocenters. The normalized spacial score (nSPS) is 10.0. The number of carbonyl (C=O) groups excluding carboxylic acids is 2. The molecule has 0 atom stereocenters. The van der Waals surface area contributed by atoms with Crippen molar-refractivity contribution < 1.29 is 38.5 Å². The first-order chi connectivity index (χ1) is 14.0. The van der Waals surface area contributed by atoms with Crippen LogP contribution in [-0.4, -0.2) is 42.5 Å². The van der Waals surface area contributed by atoms with Crippen LogP contribution in [0.2, 0.25) is 0 Å². The molecule has 9 heteroatoms. The van der Waals surface area contributed by atoms with E-state index in [0.29, 0.717) is 31.8 Å². The van der Waals surface area contributed by atoms with Gasteiger partial charge in [0, 0.05) is 6.08 Å². The van der Waals surface area contributed by atoms with Crippen LogP contribution in [-0.2, 0) is 9.53 Å². The SMILES string of the molecule is C=CC(=O)OCCCCOc1ccc(C(=O)Oc2ccccc2OB(O)O)cc1. The van der Waals surface area contributed by atoms with E-state index in [9.17, 15) is 9.59 Å². The second kappa shape index (κ2) is 11.5. The van der Waals surface area contributed by atoms with Gasteiger partial charge in [-0.1, -0.05) is 18.7 Å². The van der Waals surface area contributed by atoms with Gasteiger partial charge >= 0.3 is 19.3 Å². The average Bonchev–Trinajstić information content (AvgIpc) is 2.71. The van der Waals surface area contributed by atoms with Gasteiger partial charge in [0.15, 0.2) is 5.75 Å². The summed E-state index contributed by atoms with van der Waals surface area (Å²) in [6, 6.07) is 12.5. The van der Waals surface area contributed by atoms with Crippen molar-refractivity contribution >= 4 is 19.3 Å². The fourth-order valence-electron chi connectivity index (χ4n) is 2.22. The molecule has 29 heavy (non-hydrogen) atoms. The Kier molecular flexibility index (Phi) is 8.74. The lowest BCUT2D eigenvalue weighted by Crippen LogP contribution is -2.21. The zero-order valence-corrected chi connectivity index (χ0v) is 15.7. The van der Waals surface area contributed by atoms with Crippen molar-refractivity contribution in [1.82, 2.24) is 0 Å². The molecule has 0 radical (unpaired) electrons. The third-order valence-electron chi connectivity index (χ3n) is 3.59. The Hall–Kier alpha value is -3.30. The van der Waals surface area contributed by atoms with E-state index in [1.165, 1.54) is 12.1 Å². The van der Waals surface area contributed by atoms with Crippen molar-refractivity contribution in [2.75, 3.05) is 13.2 Å². The van der Waals surface area contributed by atoms with Crippen molar-refractivity contribution in [1.29, 1.82) is 0 Å². The predicted octanol–water partition coefficient (Wildman–Crippen LogP) is 2.14. The predicted molar refractivity (Wildman–Crippen MR) is 105 cm³/mol. The van der Waals surface area contributed by atoms with E-state index in [4.69, 9.17) is 28.9 Å². The lowest BCUT2D eigenvalue weighted by atomic mass is 10.2. The first kappa shape index (κ1) is 22.0. The van der Waals surface area contributed by atoms with Gasteiger partial charge in [0.05, 0.1) is 18.8 Å². The summed E-state index contributed by atoms with van der Waals surface area (Å²) in [4.78, 5) is 23.2. The standard InChI is InChI=1S/C20H21BO8/c1-2-19(22)27-14-6-5-13-26-16-11-9-15(10-12-16)20(23)28-17-7-3-4-8-18(17)29-21(24)25/h2-4,7-12,24-25H,1,5-6,13-14H2. The molecule has 0 saturated heterocycles. The molecule has 0 aliphatic heterocycles. The molecule has 0 heterocycles. The topological polar surface area (TPSA) is 112 Å². The molecule has 2 rings (SSSR count). The first-order valence-corrected chi connectivity index (χ1v) is 8.85. The van der Waals surface area contributed by atoms with Gasteiger partial charge in [-0.2, -0.15) is 0 Å². The zero-order chi connectivity index (χ0) is 21.1. The summed E-state index contributed by atoms with van der Waals surface area (Å²) in [6.45, 7) is 4.05. The minimum atomic E-state index is -2.03. The van der Waals surface area contributed by atoms with Crippen molar-refractivity contribution in [3.8, 4) is 17.2 Å². The van der Waals surface area contributed by atoms with E-state index in [2.05, 4.69) is 6.58 Å². The van der Waals surface area contributed by atoms with Gasteiger partial charge in [-0.25, -0.2) is 9.59 Å². The quantitative estimate of drug-likeness (QED) is 0.194. The minimum Gasteiger partial charge on any atom is -0.509 e. The Bertz CT molecular complexity index is 819. The summed E-state index contributed by atoms with van der Waals surface area (Å²) in [6.07, 6.45) is 2.47. The number of hydrogen-bond donors (Lipinski definition) is 2. The molecule has 2 aromatic rings. The van der Waals surface area contributed by atoms with Crippen LogP contribution in [0.15, 0.2) is 61.2 Å². The summed E-state index contributed by atoms with van der Waals surface area (Å²) < 4.78 is 20.5. The molecule has 0 fully saturated rings. The number of hydrogen-bond acceptors (Lipinski definition) is 8. The van der Waals surface area contributed by atoms with Crippen molar-refractivity contribution in [3.63, 3.8) is 0 Å². The van der Waals surface area contributed by atoms with Crippen molar-refractivity contribution in [2.45, 2.75) is 12.8 Å². The van der Waals surface area contributed by atoms with Gasteiger partial charge in [0.2, 0.25) is 0 Å². The van der Waals surface area contributed by atoms with Crippen LogP contribution in [0, 0.1) is 0 Å². The lowest BCUT2D eigenvalue weighted by Gasteiger charge is -2.11. The molecule has 2 N–H and O–H groups in total. The number of benzene rings is 2. The molecule has 152 valence electrons. The summed E-state index contributed by atoms with van der Waals surface area (Å²) in [5.74, 6) is -0.423. The van der Waals surface area contributed by atoms with Crippen LogP contribution in [0.5, 0.6) is 17.2 Å². The fourth-order valence-corrected chi connectivity index (χ4v) is 2.22. The largest absolute Gasteiger partial charge is 0.707 e. The Balaban J connectivity index is 1.82. The van der Waals surface area contributed by atoms with E-state index in [1.807, 2.05) is 0 Å². The maximum atomic E-state index is 12.3. The molecule has 0 amide bonds. The molecular formula is C20H21BO8. The second-order valence-electron chi connectivity index (χ2n) is 5.73. The summed E-state index contributed by atoms with van der Waals surface area (Å²) in [5, 5.41) is 17.8. The molecule has 0 saturated carbocycles. The average molecular weight is 400 g/mol. The Morgan fingerprint density at radius 2 is 1.62 bits per heavy atom. The summed E-state index contributed by atoms with van der Waals surface area (Å²) in [7, 11) is -2.03. The minimum absolute atomic E-state index is 0.0228. The highest BCUT2D eigenvalue weighted by Gasteiger charge is 2.17. The number of rotatable bonds is 11. The molecule has 0 bridgehead atoms. The smallest absolute Gasteiger partial charge is 0.509 e. The highest BCUT2D eigenvalue weighted by Crippen LogP contribution is 2.27. The van der Waals surface area contributed by atoms with Crippen molar-refractivity contribution in [3.05, 3.63) is 66.7 Å².